The van der Waals surface area contributed by atoms with Crippen molar-refractivity contribution in [2.75, 3.05) is 31.7 Å². The quantitative estimate of drug-likeness (QED) is 0.638. The van der Waals surface area contributed by atoms with Gasteiger partial charge in [-0.1, -0.05) is 24.1 Å². The molecule has 3 rings (SSSR count). The zero-order valence-corrected chi connectivity index (χ0v) is 16.4. The number of hydrogen-bond donors (Lipinski definition) is 2. The van der Waals surface area contributed by atoms with Crippen LogP contribution < -0.4 is 20.1 Å². The normalized spacial score (nSPS) is 15.3. The summed E-state index contributed by atoms with van der Waals surface area (Å²) in [5, 5.41) is 5.68. The lowest BCUT2D eigenvalue weighted by Gasteiger charge is -2.13. The minimum atomic E-state index is -0.254. The third-order valence-corrected chi connectivity index (χ3v) is 4.50. The molecule has 152 valence electrons. The van der Waals surface area contributed by atoms with Crippen LogP contribution in [0.3, 0.4) is 0 Å². The maximum absolute atomic E-state index is 12.1. The van der Waals surface area contributed by atoms with Crippen molar-refractivity contribution in [1.82, 2.24) is 5.32 Å². The maximum atomic E-state index is 12.1. The van der Waals surface area contributed by atoms with Gasteiger partial charge in [-0.05, 0) is 49.1 Å². The summed E-state index contributed by atoms with van der Waals surface area (Å²) in [4.78, 5) is 12.1. The average Bonchev–Trinajstić information content (AvgIpc) is 3.26. The number of anilines is 1. The molecule has 2 amide bonds. The Morgan fingerprint density at radius 1 is 1.17 bits per heavy atom. The Balaban J connectivity index is 1.38. The van der Waals surface area contributed by atoms with Crippen molar-refractivity contribution in [2.24, 2.45) is 0 Å². The van der Waals surface area contributed by atoms with Gasteiger partial charge in [-0.25, -0.2) is 4.79 Å². The molecule has 1 saturated heterocycles. The number of urea groups is 1. The summed E-state index contributed by atoms with van der Waals surface area (Å²) < 4.78 is 16.7. The molecular weight excluding hydrogens is 368 g/mol. The van der Waals surface area contributed by atoms with Crippen molar-refractivity contribution in [3.63, 3.8) is 0 Å². The Bertz CT molecular complexity index is 824. The predicted octanol–water partition coefficient (Wildman–Crippen LogP) is 3.62. The van der Waals surface area contributed by atoms with E-state index < -0.39 is 0 Å². The van der Waals surface area contributed by atoms with Gasteiger partial charge in [0, 0.05) is 24.9 Å². The van der Waals surface area contributed by atoms with Crippen molar-refractivity contribution >= 4 is 11.7 Å². The minimum Gasteiger partial charge on any atom is -0.491 e. The highest BCUT2D eigenvalue weighted by molar-refractivity contribution is 5.89. The Morgan fingerprint density at radius 2 is 2.03 bits per heavy atom. The molecule has 2 aromatic rings. The van der Waals surface area contributed by atoms with E-state index >= 15 is 0 Å². The summed E-state index contributed by atoms with van der Waals surface area (Å²) in [7, 11) is 0. The first-order valence-electron chi connectivity index (χ1n) is 9.77. The largest absolute Gasteiger partial charge is 0.491 e. The molecule has 1 fully saturated rings. The molecule has 1 aliphatic rings. The Hall–Kier alpha value is -3.17. The average molecular weight is 394 g/mol. The van der Waals surface area contributed by atoms with Crippen molar-refractivity contribution in [3.8, 4) is 23.8 Å². The third-order valence-electron chi connectivity index (χ3n) is 4.50. The number of rotatable bonds is 9. The van der Waals surface area contributed by atoms with Crippen LogP contribution in [0.4, 0.5) is 10.5 Å². The second kappa shape index (κ2) is 11.0. The Kier molecular flexibility index (Phi) is 7.79. The molecule has 2 aromatic carbocycles. The minimum absolute atomic E-state index is 0.160. The van der Waals surface area contributed by atoms with Crippen LogP contribution in [0, 0.1) is 12.3 Å². The fraction of sp³-hybridized carbons (Fsp3) is 0.348. The smallest absolute Gasteiger partial charge is 0.319 e. The van der Waals surface area contributed by atoms with E-state index in [1.165, 1.54) is 0 Å². The first-order chi connectivity index (χ1) is 14.2. The summed E-state index contributed by atoms with van der Waals surface area (Å²) >= 11 is 0. The molecule has 0 bridgehead atoms. The maximum Gasteiger partial charge on any atom is 0.319 e. The number of hydrogen-bond acceptors (Lipinski definition) is 4. The van der Waals surface area contributed by atoms with Gasteiger partial charge in [-0.15, -0.1) is 6.42 Å². The zero-order chi connectivity index (χ0) is 20.3. The van der Waals surface area contributed by atoms with E-state index in [1.54, 1.807) is 0 Å². The zero-order valence-electron chi connectivity index (χ0n) is 16.4. The van der Waals surface area contributed by atoms with Crippen molar-refractivity contribution in [2.45, 2.75) is 25.4 Å². The predicted molar refractivity (Wildman–Crippen MR) is 112 cm³/mol. The van der Waals surface area contributed by atoms with Crippen LogP contribution in [-0.2, 0) is 11.2 Å². The van der Waals surface area contributed by atoms with E-state index in [0.717, 1.165) is 30.8 Å². The van der Waals surface area contributed by atoms with Crippen LogP contribution in [0.25, 0.3) is 0 Å². The van der Waals surface area contributed by atoms with Gasteiger partial charge in [0.25, 0.3) is 0 Å². The van der Waals surface area contributed by atoms with Gasteiger partial charge in [-0.3, -0.25) is 0 Å². The van der Waals surface area contributed by atoms with Crippen molar-refractivity contribution in [3.05, 3.63) is 54.1 Å². The standard InChI is InChI=1S/C23H26N2O4/c1-2-14-27-20-10-8-18(9-11-20)12-13-24-23(26)25-19-5-3-6-21(16-19)29-17-22-7-4-15-28-22/h1,3,5-6,8-11,16,22H,4,7,12-15,17H2,(H2,24,25,26). The Labute approximate surface area is 171 Å². The van der Waals surface area contributed by atoms with Gasteiger partial charge in [0.1, 0.15) is 24.7 Å². The third kappa shape index (κ3) is 7.05. The first kappa shape index (κ1) is 20.6. The number of nitrogens with one attached hydrogen (secondary N) is 2. The molecule has 1 unspecified atom stereocenters. The van der Waals surface area contributed by atoms with Gasteiger partial charge >= 0.3 is 6.03 Å². The summed E-state index contributed by atoms with van der Waals surface area (Å²) in [5.74, 6) is 3.88. The molecule has 1 aliphatic heterocycles. The van der Waals surface area contributed by atoms with Crippen LogP contribution in [0.15, 0.2) is 48.5 Å². The fourth-order valence-electron chi connectivity index (χ4n) is 3.00. The van der Waals surface area contributed by atoms with Gasteiger partial charge in [0.2, 0.25) is 0 Å². The number of amides is 2. The van der Waals surface area contributed by atoms with Gasteiger partial charge in [-0.2, -0.15) is 0 Å². The van der Waals surface area contributed by atoms with E-state index in [0.29, 0.717) is 31.0 Å². The fourth-order valence-corrected chi connectivity index (χ4v) is 3.00. The van der Waals surface area contributed by atoms with Gasteiger partial charge < -0.3 is 24.8 Å². The van der Waals surface area contributed by atoms with E-state index in [-0.39, 0.29) is 18.7 Å². The van der Waals surface area contributed by atoms with Gasteiger partial charge in [0.05, 0.1) is 6.10 Å². The summed E-state index contributed by atoms with van der Waals surface area (Å²) in [5.41, 5.74) is 1.78. The number of ether oxygens (including phenoxy) is 3. The number of benzene rings is 2. The summed E-state index contributed by atoms with van der Waals surface area (Å²) in [6.07, 6.45) is 8.16. The molecular formula is C23H26N2O4. The number of carbonyl (C=O) groups is 1. The topological polar surface area (TPSA) is 68.8 Å². The monoisotopic (exact) mass is 394 g/mol. The highest BCUT2D eigenvalue weighted by Crippen LogP contribution is 2.19. The van der Waals surface area contributed by atoms with E-state index in [1.807, 2.05) is 48.5 Å². The Morgan fingerprint density at radius 3 is 2.79 bits per heavy atom. The summed E-state index contributed by atoms with van der Waals surface area (Å²) in [6, 6.07) is 14.8. The molecule has 0 saturated carbocycles. The molecule has 29 heavy (non-hydrogen) atoms. The lowest BCUT2D eigenvalue weighted by molar-refractivity contribution is 0.0680. The lowest BCUT2D eigenvalue weighted by atomic mass is 10.1. The molecule has 0 aromatic heterocycles. The molecule has 2 N–H and O–H groups in total. The van der Waals surface area contributed by atoms with Crippen LogP contribution >= 0.6 is 0 Å². The van der Waals surface area contributed by atoms with Crippen molar-refractivity contribution < 1.29 is 19.0 Å². The number of carbonyl (C=O) groups excluding carboxylic acids is 1. The van der Waals surface area contributed by atoms with E-state index in [2.05, 4.69) is 16.6 Å². The van der Waals surface area contributed by atoms with Crippen LogP contribution in [0.1, 0.15) is 18.4 Å². The molecule has 6 nitrogen and oxygen atoms in total. The van der Waals surface area contributed by atoms with E-state index in [9.17, 15) is 4.79 Å². The summed E-state index contributed by atoms with van der Waals surface area (Å²) in [6.45, 7) is 2.11. The second-order valence-electron chi connectivity index (χ2n) is 6.74. The SMILES string of the molecule is C#CCOc1ccc(CCNC(=O)Nc2cccc(OCC3CCCO3)c2)cc1. The highest BCUT2D eigenvalue weighted by atomic mass is 16.5. The molecule has 1 heterocycles. The van der Waals surface area contributed by atoms with E-state index in [4.69, 9.17) is 20.6 Å². The van der Waals surface area contributed by atoms with Crippen LogP contribution in [-0.4, -0.2) is 38.5 Å². The molecule has 0 spiro atoms. The lowest BCUT2D eigenvalue weighted by Crippen LogP contribution is -2.30. The molecule has 6 heteroatoms. The second-order valence-corrected chi connectivity index (χ2v) is 6.74. The van der Waals surface area contributed by atoms with Crippen LogP contribution in [0.5, 0.6) is 11.5 Å². The molecule has 0 radical (unpaired) electrons. The highest BCUT2D eigenvalue weighted by Gasteiger charge is 2.16. The molecule has 1 atom stereocenters. The van der Waals surface area contributed by atoms with Crippen LogP contribution in [0.2, 0.25) is 0 Å². The van der Waals surface area contributed by atoms with Gasteiger partial charge in [0.15, 0.2) is 0 Å². The number of terminal acetylenes is 1. The van der Waals surface area contributed by atoms with Crippen molar-refractivity contribution in [1.29, 1.82) is 0 Å². The molecule has 0 aliphatic carbocycles. The first-order valence-corrected chi connectivity index (χ1v) is 9.77.